The molecule has 20 heavy (non-hydrogen) atoms. The van der Waals surface area contributed by atoms with E-state index in [1.54, 1.807) is 0 Å². The van der Waals surface area contributed by atoms with Gasteiger partial charge in [-0.15, -0.1) is 2.78 Å². The van der Waals surface area contributed by atoms with Crippen LogP contribution in [-0.2, 0) is 11.3 Å². The largest absolute Gasteiger partial charge is 0.453 e. The van der Waals surface area contributed by atoms with Gasteiger partial charge < -0.3 is 4.74 Å². The van der Waals surface area contributed by atoms with Crippen LogP contribution in [0.3, 0.4) is 0 Å². The standard InChI is InChI=1S/C16H17INO2/c1-11-9-12(2)15(18(17)13(11)3)16(19)20-10-14-7-5-4-6-8-14/h4-9H,10H2,1-3H3/q+1. The zero-order chi connectivity index (χ0) is 14.7. The molecule has 0 fully saturated rings. The van der Waals surface area contributed by atoms with E-state index in [1.165, 1.54) is 0 Å². The first-order chi connectivity index (χ1) is 9.50. The van der Waals surface area contributed by atoms with Crippen molar-refractivity contribution in [3.05, 3.63) is 64.5 Å². The molecule has 2 rings (SSSR count). The Balaban J connectivity index is 2.20. The first kappa shape index (κ1) is 15.0. The fraction of sp³-hybridized carbons (Fsp3) is 0.250. The Hall–Kier alpha value is -1.43. The molecule has 0 N–H and O–H groups in total. The molecule has 4 heteroatoms. The Morgan fingerprint density at radius 1 is 1.15 bits per heavy atom. The molecule has 0 saturated heterocycles. The van der Waals surface area contributed by atoms with Gasteiger partial charge in [0.25, 0.3) is 0 Å². The van der Waals surface area contributed by atoms with Gasteiger partial charge in [0.15, 0.2) is 5.69 Å². The number of aryl methyl sites for hydroxylation is 2. The van der Waals surface area contributed by atoms with Crippen molar-refractivity contribution in [3.63, 3.8) is 0 Å². The average Bonchev–Trinajstić information content (AvgIpc) is 2.44. The lowest BCUT2D eigenvalue weighted by Gasteiger charge is -2.07. The first-order valence-corrected chi connectivity index (χ1v) is 7.37. The van der Waals surface area contributed by atoms with Gasteiger partial charge in [-0.05, 0) is 25.5 Å². The summed E-state index contributed by atoms with van der Waals surface area (Å²) in [5.74, 6) is -0.288. The Labute approximate surface area is 133 Å². The molecule has 2 aromatic rings. The number of ether oxygens (including phenoxy) is 1. The summed E-state index contributed by atoms with van der Waals surface area (Å²) in [5.41, 5.74) is 4.74. The normalized spacial score (nSPS) is 10.4. The van der Waals surface area contributed by atoms with E-state index in [0.717, 1.165) is 22.4 Å². The minimum Gasteiger partial charge on any atom is -0.453 e. The summed E-state index contributed by atoms with van der Waals surface area (Å²) in [6.45, 7) is 6.26. The summed E-state index contributed by atoms with van der Waals surface area (Å²) in [6, 6.07) is 11.7. The summed E-state index contributed by atoms with van der Waals surface area (Å²) in [5, 5.41) is 0. The monoisotopic (exact) mass is 382 g/mol. The Morgan fingerprint density at radius 2 is 1.80 bits per heavy atom. The molecule has 1 aromatic heterocycles. The molecule has 0 aliphatic heterocycles. The number of esters is 1. The zero-order valence-electron chi connectivity index (χ0n) is 11.8. The lowest BCUT2D eigenvalue weighted by molar-refractivity contribution is -0.454. The zero-order valence-corrected chi connectivity index (χ0v) is 14.0. The smallest absolute Gasteiger partial charge is 0.405 e. The number of benzene rings is 1. The number of nitrogens with zero attached hydrogens (tertiary/aromatic N) is 1. The number of aromatic nitrogens is 1. The third-order valence-corrected chi connectivity index (χ3v) is 4.48. The van der Waals surface area contributed by atoms with Crippen LogP contribution in [0.25, 0.3) is 0 Å². The van der Waals surface area contributed by atoms with Crippen LogP contribution in [0.5, 0.6) is 0 Å². The van der Waals surface area contributed by atoms with Crippen molar-refractivity contribution in [2.24, 2.45) is 0 Å². The molecule has 0 unspecified atom stereocenters. The van der Waals surface area contributed by atoms with E-state index in [1.807, 2.05) is 59.9 Å². The van der Waals surface area contributed by atoms with E-state index in [-0.39, 0.29) is 5.97 Å². The molecule has 1 aromatic carbocycles. The molecule has 0 atom stereocenters. The lowest BCUT2D eigenvalue weighted by Crippen LogP contribution is -2.35. The molecule has 3 nitrogen and oxygen atoms in total. The quantitative estimate of drug-likeness (QED) is 0.601. The van der Waals surface area contributed by atoms with Crippen LogP contribution in [0.4, 0.5) is 0 Å². The van der Waals surface area contributed by atoms with Gasteiger partial charge >= 0.3 is 34.5 Å². The van der Waals surface area contributed by atoms with Crippen molar-refractivity contribution in [1.29, 1.82) is 0 Å². The minimum atomic E-state index is -0.288. The number of carbonyl (C=O) groups is 1. The van der Waals surface area contributed by atoms with Crippen LogP contribution >= 0.6 is 22.9 Å². The molecule has 0 radical (unpaired) electrons. The molecular formula is C16H17INO2+. The summed E-state index contributed by atoms with van der Waals surface area (Å²) in [7, 11) is 0. The van der Waals surface area contributed by atoms with Gasteiger partial charge in [-0.3, -0.25) is 0 Å². The summed E-state index contributed by atoms with van der Waals surface area (Å²) in [6.07, 6.45) is 0. The van der Waals surface area contributed by atoms with Crippen LogP contribution in [0, 0.1) is 20.8 Å². The van der Waals surface area contributed by atoms with Gasteiger partial charge in [-0.1, -0.05) is 30.3 Å². The third kappa shape index (κ3) is 3.17. The first-order valence-electron chi connectivity index (χ1n) is 6.40. The second kappa shape index (κ2) is 6.35. The highest BCUT2D eigenvalue weighted by Gasteiger charge is 2.26. The highest BCUT2D eigenvalue weighted by Crippen LogP contribution is 2.13. The van der Waals surface area contributed by atoms with E-state index in [2.05, 4.69) is 22.9 Å². The maximum Gasteiger partial charge on any atom is 0.405 e. The van der Waals surface area contributed by atoms with Crippen molar-refractivity contribution in [1.82, 2.24) is 0 Å². The van der Waals surface area contributed by atoms with Crippen LogP contribution in [0.2, 0.25) is 0 Å². The minimum absolute atomic E-state index is 0.288. The van der Waals surface area contributed by atoms with Crippen molar-refractivity contribution >= 4 is 28.8 Å². The van der Waals surface area contributed by atoms with E-state index >= 15 is 0 Å². The topological polar surface area (TPSA) is 30.2 Å². The predicted molar refractivity (Wildman–Crippen MR) is 85.8 cm³/mol. The summed E-state index contributed by atoms with van der Waals surface area (Å²) >= 11 is 2.14. The number of rotatable bonds is 3. The van der Waals surface area contributed by atoms with Gasteiger partial charge in [0.2, 0.25) is 0 Å². The van der Waals surface area contributed by atoms with Crippen molar-refractivity contribution < 1.29 is 12.3 Å². The van der Waals surface area contributed by atoms with E-state index in [4.69, 9.17) is 4.74 Å². The Kier molecular flexibility index (Phi) is 4.75. The van der Waals surface area contributed by atoms with Gasteiger partial charge in [0.1, 0.15) is 6.61 Å². The average molecular weight is 382 g/mol. The van der Waals surface area contributed by atoms with Crippen LogP contribution in [0.15, 0.2) is 36.4 Å². The van der Waals surface area contributed by atoms with E-state index < -0.39 is 0 Å². The van der Waals surface area contributed by atoms with Crippen LogP contribution in [-0.4, -0.2) is 5.97 Å². The van der Waals surface area contributed by atoms with Crippen LogP contribution < -0.4 is 2.78 Å². The third-order valence-electron chi connectivity index (χ3n) is 3.27. The Morgan fingerprint density at radius 3 is 2.45 bits per heavy atom. The fourth-order valence-corrected chi connectivity index (χ4v) is 2.97. The summed E-state index contributed by atoms with van der Waals surface area (Å²) < 4.78 is 7.28. The predicted octanol–water partition coefficient (Wildman–Crippen LogP) is 3.45. The van der Waals surface area contributed by atoms with Gasteiger partial charge in [0, 0.05) is 18.1 Å². The molecule has 0 aliphatic carbocycles. The van der Waals surface area contributed by atoms with Crippen LogP contribution in [0.1, 0.15) is 32.9 Å². The van der Waals surface area contributed by atoms with E-state index in [9.17, 15) is 4.79 Å². The summed E-state index contributed by atoms with van der Waals surface area (Å²) in [4.78, 5) is 12.3. The SMILES string of the molecule is Cc1cc(C)c(C(=O)OCc2ccccc2)[n+](I)c1C. The number of halogens is 1. The Bertz CT molecular complexity index is 639. The molecule has 0 amide bonds. The number of hydrogen-bond acceptors (Lipinski definition) is 2. The second-order valence-corrected chi connectivity index (χ2v) is 5.75. The van der Waals surface area contributed by atoms with Crippen molar-refractivity contribution in [2.75, 3.05) is 0 Å². The second-order valence-electron chi connectivity index (χ2n) is 4.79. The fourth-order valence-electron chi connectivity index (χ4n) is 2.01. The molecule has 0 bridgehead atoms. The maximum absolute atomic E-state index is 12.3. The van der Waals surface area contributed by atoms with Gasteiger partial charge in [-0.2, -0.15) is 0 Å². The number of carbonyl (C=O) groups excluding carboxylic acids is 1. The molecule has 1 heterocycles. The number of hydrogen-bond donors (Lipinski definition) is 0. The maximum atomic E-state index is 12.3. The van der Waals surface area contributed by atoms with E-state index in [0.29, 0.717) is 12.3 Å². The van der Waals surface area contributed by atoms with Crippen molar-refractivity contribution in [3.8, 4) is 0 Å². The van der Waals surface area contributed by atoms with Gasteiger partial charge in [-0.25, -0.2) is 4.79 Å². The molecule has 104 valence electrons. The molecule has 0 saturated carbocycles. The highest BCUT2D eigenvalue weighted by molar-refractivity contribution is 14.1. The van der Waals surface area contributed by atoms with Gasteiger partial charge in [0.05, 0.1) is 0 Å². The molecule has 0 aliphatic rings. The van der Waals surface area contributed by atoms with Crippen molar-refractivity contribution in [2.45, 2.75) is 27.4 Å². The lowest BCUT2D eigenvalue weighted by atomic mass is 10.1. The number of pyridine rings is 1. The molecular weight excluding hydrogens is 365 g/mol. The molecule has 0 spiro atoms. The highest BCUT2D eigenvalue weighted by atomic mass is 127.